The second-order valence-electron chi connectivity index (χ2n) is 25.4. The average molecular weight is 1450 g/mol. The molecule has 0 aliphatic heterocycles. The van der Waals surface area contributed by atoms with Crippen molar-refractivity contribution in [3.63, 3.8) is 0 Å². The molecule has 16 nitrogen and oxygen atoms in total. The highest BCUT2D eigenvalue weighted by Crippen LogP contribution is 2.45. The number of aliphatic hydroxyl groups is 2. The van der Waals surface area contributed by atoms with Gasteiger partial charge >= 0.3 is 33.6 Å². The number of allylic oxidation sites excluding steroid dienone is 26. The van der Waals surface area contributed by atoms with Gasteiger partial charge in [-0.15, -0.1) is 0 Å². The number of hydrogen-bond acceptors (Lipinski definition) is 14. The van der Waals surface area contributed by atoms with Gasteiger partial charge in [-0.1, -0.05) is 294 Å². The van der Waals surface area contributed by atoms with Gasteiger partial charge in [0.05, 0.1) is 26.4 Å². The van der Waals surface area contributed by atoms with Crippen LogP contribution in [0, 0.1) is 0 Å². The maximum Gasteiger partial charge on any atom is 0.472 e. The zero-order valence-electron chi connectivity index (χ0n) is 62.8. The van der Waals surface area contributed by atoms with Gasteiger partial charge in [-0.2, -0.15) is 0 Å². The third-order valence-corrected chi connectivity index (χ3v) is 17.6. The summed E-state index contributed by atoms with van der Waals surface area (Å²) in [7, 11) is -9.82. The molecular weight excluding hydrogens is 1310 g/mol. The van der Waals surface area contributed by atoms with Gasteiger partial charge < -0.3 is 34.2 Å². The zero-order valence-corrected chi connectivity index (χ0v) is 64.6. The summed E-state index contributed by atoms with van der Waals surface area (Å²) in [6, 6.07) is 0. The molecule has 576 valence electrons. The van der Waals surface area contributed by atoms with Crippen LogP contribution in [-0.4, -0.2) is 95.9 Å². The number of ether oxygens (including phenoxy) is 3. The van der Waals surface area contributed by atoms with E-state index in [2.05, 4.69) is 161 Å². The Bertz CT molecular complexity index is 2470. The molecule has 0 amide bonds. The van der Waals surface area contributed by atoms with Crippen LogP contribution in [0.2, 0.25) is 0 Å². The van der Waals surface area contributed by atoms with Crippen molar-refractivity contribution >= 4 is 33.6 Å². The molecule has 5 unspecified atom stereocenters. The van der Waals surface area contributed by atoms with Crippen LogP contribution < -0.4 is 0 Å². The Balaban J connectivity index is 4.54. The minimum atomic E-state index is -4.95. The number of phosphoric ester groups is 2. The van der Waals surface area contributed by atoms with E-state index in [1.807, 2.05) is 18.2 Å². The standard InChI is InChI=1S/C83H138O16P2/c1-4-7-10-13-16-19-22-25-28-30-32-33-34-35-36-37-38-39-40-41-42-43-45-47-49-51-54-57-60-63-66-69-81(86)93-72-78(84)73-95-100(89,90)96-74-79(85)75-97-101(91,92)98-77-80(99-83(88)71-68-65-62-59-56-53-48-27-24-21-18-15-12-9-6-3)76-94-82(87)70-67-64-61-58-55-52-50-46-44-31-29-26-23-20-17-14-11-8-5-2/h8-9,11-12,16-21,25-29,32-33,35-36,44,46,48,52,55,61,64,78-80,84-85H,4-7,10,13-15,22-24,30-31,34,37-43,45,47,49-51,53-54,56-60,62-63,65-77H2,1-3H3,(H,89,90)(H,91,92)/b11-8-,12-9-,19-16-,20-17-,21-18-,28-25-,29-26-,33-32-,36-35-,46-44-,48-27-,55-52-,64-61-. The Hall–Kier alpha value is -4.83. The Morgan fingerprint density at radius 3 is 0.891 bits per heavy atom. The maximum absolute atomic E-state index is 12.9. The molecule has 0 aromatic carbocycles. The molecule has 0 spiro atoms. The average Bonchev–Trinajstić information content (AvgIpc) is 1.14. The Morgan fingerprint density at radius 2 is 0.545 bits per heavy atom. The number of carbonyl (C=O) groups excluding carboxylic acids is 3. The fraction of sp³-hybridized carbons (Fsp3) is 0.651. The third kappa shape index (κ3) is 76.1. The fourth-order valence-corrected chi connectivity index (χ4v) is 11.5. The highest BCUT2D eigenvalue weighted by atomic mass is 31.2. The second-order valence-corrected chi connectivity index (χ2v) is 28.3. The molecule has 0 radical (unpaired) electrons. The van der Waals surface area contributed by atoms with E-state index in [4.69, 9.17) is 32.3 Å². The van der Waals surface area contributed by atoms with E-state index in [1.165, 1.54) is 103 Å². The summed E-state index contributed by atoms with van der Waals surface area (Å²) >= 11 is 0. The van der Waals surface area contributed by atoms with Gasteiger partial charge in [-0.05, 0) is 135 Å². The largest absolute Gasteiger partial charge is 0.472 e. The number of rotatable bonds is 72. The van der Waals surface area contributed by atoms with Crippen molar-refractivity contribution in [3.8, 4) is 0 Å². The minimum absolute atomic E-state index is 0.0362. The third-order valence-electron chi connectivity index (χ3n) is 15.7. The molecule has 18 heteroatoms. The molecule has 4 N–H and O–H groups in total. The lowest BCUT2D eigenvalue weighted by Gasteiger charge is -2.21. The van der Waals surface area contributed by atoms with Gasteiger partial charge in [0.1, 0.15) is 25.4 Å². The first-order valence-corrected chi connectivity index (χ1v) is 41.8. The summed E-state index contributed by atoms with van der Waals surface area (Å²) in [6.07, 6.45) is 93.2. The molecule has 0 heterocycles. The van der Waals surface area contributed by atoms with Crippen molar-refractivity contribution < 1.29 is 75.8 Å². The van der Waals surface area contributed by atoms with Gasteiger partial charge in [0.15, 0.2) is 6.10 Å². The van der Waals surface area contributed by atoms with E-state index < -0.39 is 91.5 Å². The molecule has 0 bridgehead atoms. The number of unbranched alkanes of at least 4 members (excludes halogenated alkanes) is 23. The monoisotopic (exact) mass is 1450 g/mol. The zero-order chi connectivity index (χ0) is 73.7. The number of phosphoric acid groups is 2. The van der Waals surface area contributed by atoms with E-state index in [-0.39, 0.29) is 19.3 Å². The summed E-state index contributed by atoms with van der Waals surface area (Å²) in [6.45, 7) is 2.30. The molecule has 0 aliphatic rings. The first-order chi connectivity index (χ1) is 49.2. The summed E-state index contributed by atoms with van der Waals surface area (Å²) in [5, 5.41) is 20.6. The van der Waals surface area contributed by atoms with Crippen LogP contribution in [0.25, 0.3) is 0 Å². The van der Waals surface area contributed by atoms with E-state index in [1.54, 1.807) is 0 Å². The highest BCUT2D eigenvalue weighted by Gasteiger charge is 2.29. The lowest BCUT2D eigenvalue weighted by molar-refractivity contribution is -0.161. The van der Waals surface area contributed by atoms with Crippen molar-refractivity contribution in [3.05, 3.63) is 158 Å². The van der Waals surface area contributed by atoms with E-state index in [9.17, 15) is 43.5 Å². The van der Waals surface area contributed by atoms with Crippen LogP contribution >= 0.6 is 15.6 Å². The topological polar surface area (TPSA) is 231 Å². The van der Waals surface area contributed by atoms with Crippen LogP contribution in [0.3, 0.4) is 0 Å². The van der Waals surface area contributed by atoms with Gasteiger partial charge in [0.25, 0.3) is 0 Å². The smallest absolute Gasteiger partial charge is 0.463 e. The quantitative estimate of drug-likeness (QED) is 0.0146. The van der Waals surface area contributed by atoms with Gasteiger partial charge in [0.2, 0.25) is 0 Å². The lowest BCUT2D eigenvalue weighted by atomic mass is 10.0. The first-order valence-electron chi connectivity index (χ1n) is 38.8. The number of hydrogen-bond donors (Lipinski definition) is 4. The maximum atomic E-state index is 12.9. The van der Waals surface area contributed by atoms with Crippen molar-refractivity contribution in [2.75, 3.05) is 39.6 Å². The highest BCUT2D eigenvalue weighted by molar-refractivity contribution is 7.47. The predicted molar refractivity (Wildman–Crippen MR) is 417 cm³/mol. The van der Waals surface area contributed by atoms with E-state index >= 15 is 0 Å². The van der Waals surface area contributed by atoms with Crippen LogP contribution in [-0.2, 0) is 55.8 Å². The number of esters is 3. The molecule has 0 saturated carbocycles. The second kappa shape index (κ2) is 74.9. The van der Waals surface area contributed by atoms with Gasteiger partial charge in [-0.25, -0.2) is 9.13 Å². The molecule has 0 aromatic rings. The van der Waals surface area contributed by atoms with Crippen LogP contribution in [0.5, 0.6) is 0 Å². The molecule has 0 fully saturated rings. The molecule has 0 rings (SSSR count). The Morgan fingerprint density at radius 1 is 0.287 bits per heavy atom. The van der Waals surface area contributed by atoms with Crippen molar-refractivity contribution in [2.45, 2.75) is 309 Å². The Labute approximate surface area is 612 Å². The summed E-state index contributed by atoms with van der Waals surface area (Å²) < 4.78 is 61.0. The summed E-state index contributed by atoms with van der Waals surface area (Å²) in [4.78, 5) is 58.5. The van der Waals surface area contributed by atoms with Crippen molar-refractivity contribution in [1.82, 2.24) is 0 Å². The molecule has 0 aliphatic carbocycles. The van der Waals surface area contributed by atoms with Crippen molar-refractivity contribution in [1.29, 1.82) is 0 Å². The Kier molecular flexibility index (Phi) is 71.3. The molecule has 0 aromatic heterocycles. The number of aliphatic hydroxyl groups excluding tert-OH is 2. The first kappa shape index (κ1) is 96.2. The van der Waals surface area contributed by atoms with Crippen molar-refractivity contribution in [2.24, 2.45) is 0 Å². The van der Waals surface area contributed by atoms with Crippen LogP contribution in [0.4, 0.5) is 0 Å². The van der Waals surface area contributed by atoms with Gasteiger partial charge in [0, 0.05) is 19.3 Å². The normalized spacial score (nSPS) is 14.9. The SMILES string of the molecule is CC/C=C\C/C=C\C/C=C\C/C=C\C/C=C\C/C=C\CCC(=O)OCC(COP(=O)(O)OCC(O)COP(=O)(O)OCC(O)COC(=O)CCCCCCCCCCCCCCCCC/C=C\C/C=C\C/C=C\C/C=C\CCCCC)OC(=O)CCCCCCC/C=C\C/C=C\C/C=C\CC. The summed E-state index contributed by atoms with van der Waals surface area (Å²) in [5.41, 5.74) is 0. The van der Waals surface area contributed by atoms with Crippen LogP contribution in [0.1, 0.15) is 290 Å². The molecule has 0 saturated heterocycles. The van der Waals surface area contributed by atoms with Crippen LogP contribution in [0.15, 0.2) is 158 Å². The van der Waals surface area contributed by atoms with E-state index in [0.717, 1.165) is 122 Å². The molecule has 101 heavy (non-hydrogen) atoms. The van der Waals surface area contributed by atoms with Gasteiger partial charge in [-0.3, -0.25) is 32.5 Å². The fourth-order valence-electron chi connectivity index (χ4n) is 9.89. The molecule has 5 atom stereocenters. The lowest BCUT2D eigenvalue weighted by Crippen LogP contribution is -2.30. The predicted octanol–water partition coefficient (Wildman–Crippen LogP) is 22.6. The molecular formula is C83H138O16P2. The minimum Gasteiger partial charge on any atom is -0.463 e. The van der Waals surface area contributed by atoms with E-state index in [0.29, 0.717) is 25.7 Å². The summed E-state index contributed by atoms with van der Waals surface area (Å²) in [5.74, 6) is -1.70. The number of carbonyl (C=O) groups is 3.